The van der Waals surface area contributed by atoms with E-state index in [0.717, 1.165) is 80.0 Å². The van der Waals surface area contributed by atoms with Crippen molar-refractivity contribution in [2.45, 2.75) is 134 Å². The minimum absolute atomic E-state index is 0.0323. The maximum Gasteiger partial charge on any atom is 0.306 e. The van der Waals surface area contributed by atoms with E-state index in [4.69, 9.17) is 9.47 Å². The van der Waals surface area contributed by atoms with Crippen LogP contribution in [0.5, 0.6) is 0 Å². The van der Waals surface area contributed by atoms with Gasteiger partial charge in [-0.05, 0) is 172 Å². The van der Waals surface area contributed by atoms with Gasteiger partial charge in [-0.25, -0.2) is 0 Å². The third-order valence-corrected chi connectivity index (χ3v) is 19.7. The Bertz CT molecular complexity index is 1820. The smallest absolute Gasteiger partial charge is 0.306 e. The summed E-state index contributed by atoms with van der Waals surface area (Å²) in [5, 5.41) is 0. The monoisotopic (exact) mass is 718 g/mol. The number of allylic oxidation sites excluding steroid dienone is 5. The van der Waals surface area contributed by atoms with E-state index in [1.54, 1.807) is 0 Å². The summed E-state index contributed by atoms with van der Waals surface area (Å²) in [6.07, 6.45) is 26.9. The second-order valence-corrected chi connectivity index (χ2v) is 21.3. The molecule has 2 heterocycles. The van der Waals surface area contributed by atoms with E-state index in [-0.39, 0.29) is 34.0 Å². The number of esters is 2. The van der Waals surface area contributed by atoms with E-state index in [1.807, 2.05) is 6.08 Å². The van der Waals surface area contributed by atoms with Crippen LogP contribution in [0.15, 0.2) is 35.5 Å². The zero-order chi connectivity index (χ0) is 35.8. The van der Waals surface area contributed by atoms with Gasteiger partial charge in [0.2, 0.25) is 0 Å². The molecule has 0 bridgehead atoms. The van der Waals surface area contributed by atoms with E-state index in [2.05, 4.69) is 32.1 Å². The molecular formula is C47H58O6. The van der Waals surface area contributed by atoms with Gasteiger partial charge in [-0.1, -0.05) is 31.6 Å². The topological polar surface area (TPSA) is 86.7 Å². The summed E-state index contributed by atoms with van der Waals surface area (Å²) in [5.41, 5.74) is 2.88. The SMILES string of the molecule is C[C@]12CCC3C4CCC(=O)C=C4C=CC3C1C1CC1[C@@]21CCC(=O)O1.C[C@]12CCC3C4CCC(=O)C=C4C[C@@H](C4CC4)C3C1C1CC1[C@@]21CCC(=O)O1. The quantitative estimate of drug-likeness (QED) is 0.253. The lowest BCUT2D eigenvalue weighted by Gasteiger charge is -2.59. The van der Waals surface area contributed by atoms with Crippen LogP contribution in [0.25, 0.3) is 0 Å². The third kappa shape index (κ3) is 4.18. The molecule has 0 amide bonds. The van der Waals surface area contributed by atoms with Crippen molar-refractivity contribution in [2.24, 2.45) is 93.7 Å². The lowest BCUT2D eigenvalue weighted by molar-refractivity contribution is -0.177. The molecule has 10 fully saturated rings. The highest BCUT2D eigenvalue weighted by atomic mass is 16.6. The average Bonchev–Trinajstić information content (AvgIpc) is 4.09. The molecule has 2 aliphatic heterocycles. The third-order valence-electron chi connectivity index (χ3n) is 19.7. The second-order valence-electron chi connectivity index (χ2n) is 21.3. The molecule has 6 nitrogen and oxygen atoms in total. The van der Waals surface area contributed by atoms with Crippen molar-refractivity contribution in [3.63, 3.8) is 0 Å². The molecule has 0 aromatic rings. The van der Waals surface area contributed by atoms with Gasteiger partial charge in [0.05, 0.1) is 0 Å². The number of carbonyl (C=O) groups excluding carboxylic acids is 4. The van der Waals surface area contributed by atoms with Gasteiger partial charge >= 0.3 is 11.9 Å². The predicted octanol–water partition coefficient (Wildman–Crippen LogP) is 8.53. The van der Waals surface area contributed by atoms with Crippen molar-refractivity contribution in [3.05, 3.63) is 35.5 Å². The fourth-order valence-electron chi connectivity index (χ4n) is 17.6. The van der Waals surface area contributed by atoms with Crippen molar-refractivity contribution < 1.29 is 28.7 Å². The van der Waals surface area contributed by atoms with Crippen LogP contribution in [0.4, 0.5) is 0 Å². The number of hydrogen-bond acceptors (Lipinski definition) is 6. The van der Waals surface area contributed by atoms with Crippen LogP contribution in [0.3, 0.4) is 0 Å². The van der Waals surface area contributed by atoms with Gasteiger partial charge in [-0.15, -0.1) is 0 Å². The lowest BCUT2D eigenvalue weighted by atomic mass is 9.46. The molecule has 11 aliphatic carbocycles. The van der Waals surface area contributed by atoms with E-state index in [1.165, 1.54) is 68.9 Å². The molecule has 12 unspecified atom stereocenters. The van der Waals surface area contributed by atoms with Crippen LogP contribution in [-0.2, 0) is 28.7 Å². The second kappa shape index (κ2) is 10.7. The summed E-state index contributed by atoms with van der Waals surface area (Å²) >= 11 is 0. The Balaban J connectivity index is 0.000000120. The maximum absolute atomic E-state index is 12.2. The summed E-state index contributed by atoms with van der Waals surface area (Å²) in [7, 11) is 0. The summed E-state index contributed by atoms with van der Waals surface area (Å²) in [4.78, 5) is 48.2. The summed E-state index contributed by atoms with van der Waals surface area (Å²) in [5.74, 6) is 10.9. The fourth-order valence-corrected chi connectivity index (χ4v) is 17.6. The molecular weight excluding hydrogens is 661 g/mol. The minimum atomic E-state index is -0.156. The molecule has 2 saturated heterocycles. The molecule has 0 N–H and O–H groups in total. The average molecular weight is 719 g/mol. The normalized spacial score (nSPS) is 55.8. The molecule has 13 aliphatic rings. The first-order valence-electron chi connectivity index (χ1n) is 22.1. The van der Waals surface area contributed by atoms with Gasteiger partial charge in [0, 0.05) is 48.3 Å². The molecule has 6 heteroatoms. The largest absolute Gasteiger partial charge is 0.458 e. The molecule has 0 aromatic carbocycles. The van der Waals surface area contributed by atoms with Crippen molar-refractivity contribution >= 4 is 23.5 Å². The standard InChI is InChI=1S/C25H32O3.C22H26O3/c1-24-8-6-17-16-5-4-15(26)10-14(16)11-18(13-2-3-13)22(17)23(24)19-12-20(19)25(24)9-7-21(27)28-25;1-21-8-6-15-14-5-3-13(23)10-12(14)2-4-16(15)20(21)17-11-18(17)22(21)9-7-19(24)25-22/h10,13,16-20,22-23H,2-9,11-12H2,1H3;2,4,10,14-18,20H,3,5-9,11H2,1H3/t16?,17?,18-,19?,20?,22?,23?,24-,25-;14?,15?,16?,17?,18?,20?,21-,22-/m00/s1. The van der Waals surface area contributed by atoms with Crippen LogP contribution < -0.4 is 0 Å². The number of carbonyl (C=O) groups is 4. The Kier molecular flexibility index (Phi) is 6.58. The maximum atomic E-state index is 12.2. The number of fused-ring (bicyclic) bond motifs is 18. The van der Waals surface area contributed by atoms with Crippen LogP contribution in [0.2, 0.25) is 0 Å². The van der Waals surface area contributed by atoms with Gasteiger partial charge < -0.3 is 9.47 Å². The molecule has 13 rings (SSSR count). The molecule has 0 radical (unpaired) electrons. The van der Waals surface area contributed by atoms with E-state index < -0.39 is 0 Å². The molecule has 53 heavy (non-hydrogen) atoms. The number of ether oxygens (including phenoxy) is 2. The Morgan fingerprint density at radius 2 is 1.21 bits per heavy atom. The van der Waals surface area contributed by atoms with Crippen molar-refractivity contribution in [1.82, 2.24) is 0 Å². The predicted molar refractivity (Wildman–Crippen MR) is 197 cm³/mol. The Morgan fingerprint density at radius 3 is 1.85 bits per heavy atom. The highest BCUT2D eigenvalue weighted by Gasteiger charge is 2.80. The van der Waals surface area contributed by atoms with Crippen LogP contribution in [0.1, 0.15) is 123 Å². The number of ketones is 2. The minimum Gasteiger partial charge on any atom is -0.458 e. The van der Waals surface area contributed by atoms with Crippen LogP contribution in [-0.4, -0.2) is 34.7 Å². The Labute approximate surface area is 314 Å². The van der Waals surface area contributed by atoms with Crippen LogP contribution >= 0.6 is 0 Å². The summed E-state index contributed by atoms with van der Waals surface area (Å²) in [6.45, 7) is 4.95. The molecule has 282 valence electrons. The molecule has 2 spiro atoms. The van der Waals surface area contributed by atoms with Crippen molar-refractivity contribution in [3.8, 4) is 0 Å². The van der Waals surface area contributed by atoms with Crippen molar-refractivity contribution in [1.29, 1.82) is 0 Å². The first-order valence-corrected chi connectivity index (χ1v) is 22.1. The van der Waals surface area contributed by atoms with E-state index in [0.29, 0.717) is 65.8 Å². The fraction of sp³-hybridized carbons (Fsp3) is 0.787. The highest BCUT2D eigenvalue weighted by molar-refractivity contribution is 5.92. The van der Waals surface area contributed by atoms with Crippen molar-refractivity contribution in [2.75, 3.05) is 0 Å². The number of hydrogen-bond donors (Lipinski definition) is 0. The number of rotatable bonds is 1. The summed E-state index contributed by atoms with van der Waals surface area (Å²) in [6, 6.07) is 0. The first kappa shape index (κ1) is 32.7. The van der Waals surface area contributed by atoms with E-state index in [9.17, 15) is 19.2 Å². The lowest BCUT2D eigenvalue weighted by Crippen LogP contribution is -2.57. The zero-order valence-corrected chi connectivity index (χ0v) is 31.9. The van der Waals surface area contributed by atoms with Crippen LogP contribution in [0, 0.1) is 93.7 Å². The van der Waals surface area contributed by atoms with Gasteiger partial charge in [0.25, 0.3) is 0 Å². The molecule has 17 atom stereocenters. The Hall–Kier alpha value is -2.50. The zero-order valence-electron chi connectivity index (χ0n) is 31.9. The summed E-state index contributed by atoms with van der Waals surface area (Å²) < 4.78 is 12.4. The van der Waals surface area contributed by atoms with E-state index >= 15 is 0 Å². The molecule has 0 aromatic heterocycles. The van der Waals surface area contributed by atoms with Gasteiger partial charge in [-0.3, -0.25) is 19.2 Å². The van der Waals surface area contributed by atoms with Gasteiger partial charge in [-0.2, -0.15) is 0 Å². The molecule has 8 saturated carbocycles. The highest BCUT2D eigenvalue weighted by Crippen LogP contribution is 2.80. The van der Waals surface area contributed by atoms with Gasteiger partial charge in [0.15, 0.2) is 11.6 Å². The Morgan fingerprint density at radius 1 is 0.604 bits per heavy atom. The first-order chi connectivity index (χ1) is 25.6. The van der Waals surface area contributed by atoms with Gasteiger partial charge in [0.1, 0.15) is 11.2 Å².